The van der Waals surface area contributed by atoms with E-state index in [9.17, 15) is 26.4 Å². The van der Waals surface area contributed by atoms with Crippen LogP contribution in [0.15, 0.2) is 35.2 Å². The van der Waals surface area contributed by atoms with Gasteiger partial charge in [-0.1, -0.05) is 6.92 Å². The third kappa shape index (κ3) is 4.07. The van der Waals surface area contributed by atoms with Crippen molar-refractivity contribution in [2.24, 2.45) is 0 Å². The van der Waals surface area contributed by atoms with Crippen molar-refractivity contribution in [1.82, 2.24) is 0 Å². The first-order chi connectivity index (χ1) is 12.2. The molecule has 0 aliphatic carbocycles. The summed E-state index contributed by atoms with van der Waals surface area (Å²) in [7, 11) is -3.01. The number of methoxy groups -OCH3 is 1. The molecular formula is C16H15F3N2O4S. The van der Waals surface area contributed by atoms with Crippen LogP contribution >= 0.6 is 0 Å². The van der Waals surface area contributed by atoms with Crippen LogP contribution in [0.5, 0.6) is 5.75 Å². The number of sulfonamides is 1. The molecule has 0 aromatic heterocycles. The van der Waals surface area contributed by atoms with E-state index in [0.717, 1.165) is 18.2 Å². The zero-order valence-corrected chi connectivity index (χ0v) is 14.6. The Labute approximate surface area is 148 Å². The van der Waals surface area contributed by atoms with Gasteiger partial charge in [0.1, 0.15) is 5.75 Å². The minimum absolute atomic E-state index is 0.0907. The monoisotopic (exact) mass is 388 g/mol. The molecule has 26 heavy (non-hydrogen) atoms. The molecule has 1 amide bonds. The van der Waals surface area contributed by atoms with Gasteiger partial charge in [0.25, 0.3) is 10.0 Å². The second kappa shape index (κ2) is 7.65. The van der Waals surface area contributed by atoms with Crippen molar-refractivity contribution in [2.45, 2.75) is 18.2 Å². The molecule has 0 fully saturated rings. The predicted molar refractivity (Wildman–Crippen MR) is 89.0 cm³/mol. The average molecular weight is 388 g/mol. The number of nitrogens with one attached hydrogen (secondary N) is 2. The number of carbonyl (C=O) groups excluding carboxylic acids is 1. The van der Waals surface area contributed by atoms with E-state index in [1.54, 1.807) is 6.92 Å². The molecule has 0 saturated heterocycles. The summed E-state index contributed by atoms with van der Waals surface area (Å²) in [6.07, 6.45) is 0.151. The molecule has 2 aromatic rings. The molecule has 0 atom stereocenters. The first-order valence-electron chi connectivity index (χ1n) is 7.33. The van der Waals surface area contributed by atoms with E-state index in [1.165, 1.54) is 13.2 Å². The van der Waals surface area contributed by atoms with Crippen molar-refractivity contribution >= 4 is 27.3 Å². The zero-order chi connectivity index (χ0) is 19.5. The molecule has 140 valence electrons. The smallest absolute Gasteiger partial charge is 0.262 e. The maximum absolute atomic E-state index is 13.7. The van der Waals surface area contributed by atoms with E-state index in [1.807, 2.05) is 4.72 Å². The van der Waals surface area contributed by atoms with Crippen LogP contribution in [0.2, 0.25) is 0 Å². The van der Waals surface area contributed by atoms with Crippen LogP contribution in [0, 0.1) is 17.5 Å². The lowest BCUT2D eigenvalue weighted by atomic mass is 10.3. The molecule has 6 nitrogen and oxygen atoms in total. The lowest BCUT2D eigenvalue weighted by Crippen LogP contribution is -2.16. The maximum atomic E-state index is 13.7. The summed E-state index contributed by atoms with van der Waals surface area (Å²) in [5.41, 5.74) is -0.660. The molecule has 0 spiro atoms. The van der Waals surface area contributed by atoms with Gasteiger partial charge in [0.15, 0.2) is 17.5 Å². The molecule has 0 bridgehead atoms. The van der Waals surface area contributed by atoms with Gasteiger partial charge in [-0.25, -0.2) is 21.6 Å². The standard InChI is InChI=1S/C16H15F3N2O4S/c1-3-14(22)20-12-8-9(4-7-13(12)25-2)26(23,24)21-11-6-5-10(17)15(18)16(11)19/h4-8,21H,3H2,1-2H3,(H,20,22). The normalized spacial score (nSPS) is 11.1. The van der Waals surface area contributed by atoms with E-state index in [0.29, 0.717) is 6.07 Å². The van der Waals surface area contributed by atoms with Crippen molar-refractivity contribution in [2.75, 3.05) is 17.1 Å². The van der Waals surface area contributed by atoms with Crippen LogP contribution in [0.3, 0.4) is 0 Å². The van der Waals surface area contributed by atoms with Gasteiger partial charge in [-0.2, -0.15) is 0 Å². The number of carbonyl (C=O) groups is 1. The summed E-state index contributed by atoms with van der Waals surface area (Å²) in [6, 6.07) is 4.90. The molecular weight excluding hydrogens is 373 g/mol. The quantitative estimate of drug-likeness (QED) is 0.744. The fourth-order valence-electron chi connectivity index (χ4n) is 2.00. The molecule has 0 heterocycles. The highest BCUT2D eigenvalue weighted by Crippen LogP contribution is 2.29. The third-order valence-electron chi connectivity index (χ3n) is 3.36. The van der Waals surface area contributed by atoms with E-state index < -0.39 is 33.2 Å². The number of amides is 1. The van der Waals surface area contributed by atoms with Crippen LogP contribution in [-0.4, -0.2) is 21.4 Å². The lowest BCUT2D eigenvalue weighted by Gasteiger charge is -2.13. The number of halogens is 3. The summed E-state index contributed by atoms with van der Waals surface area (Å²) in [5, 5.41) is 2.48. The molecule has 0 aliphatic rings. The van der Waals surface area contributed by atoms with Gasteiger partial charge in [0.05, 0.1) is 23.4 Å². The first-order valence-corrected chi connectivity index (χ1v) is 8.82. The van der Waals surface area contributed by atoms with Gasteiger partial charge < -0.3 is 10.1 Å². The fourth-order valence-corrected chi connectivity index (χ4v) is 3.08. The molecule has 0 radical (unpaired) electrons. The Morgan fingerprint density at radius 2 is 1.77 bits per heavy atom. The number of ether oxygens (including phenoxy) is 1. The number of benzene rings is 2. The highest BCUT2D eigenvalue weighted by molar-refractivity contribution is 7.92. The Morgan fingerprint density at radius 1 is 1.08 bits per heavy atom. The van der Waals surface area contributed by atoms with Gasteiger partial charge in [0.2, 0.25) is 5.91 Å². The van der Waals surface area contributed by atoms with Crippen LogP contribution in [0.1, 0.15) is 13.3 Å². The third-order valence-corrected chi connectivity index (χ3v) is 4.72. The van der Waals surface area contributed by atoms with E-state index in [2.05, 4.69) is 5.32 Å². The Hall–Kier alpha value is -2.75. The predicted octanol–water partition coefficient (Wildman–Crippen LogP) is 3.26. The highest BCUT2D eigenvalue weighted by Gasteiger charge is 2.21. The fraction of sp³-hybridized carbons (Fsp3) is 0.188. The molecule has 0 aliphatic heterocycles. The lowest BCUT2D eigenvalue weighted by molar-refractivity contribution is -0.115. The second-order valence-electron chi connectivity index (χ2n) is 5.09. The number of hydrogen-bond donors (Lipinski definition) is 2. The Morgan fingerprint density at radius 3 is 2.38 bits per heavy atom. The highest BCUT2D eigenvalue weighted by atomic mass is 32.2. The van der Waals surface area contributed by atoms with Gasteiger partial charge in [0, 0.05) is 6.42 Å². The summed E-state index contributed by atoms with van der Waals surface area (Å²) < 4.78 is 71.6. The molecule has 2 aromatic carbocycles. The number of rotatable bonds is 6. The van der Waals surface area contributed by atoms with Crippen LogP contribution in [0.25, 0.3) is 0 Å². The molecule has 2 rings (SSSR count). The summed E-state index contributed by atoms with van der Waals surface area (Å²) >= 11 is 0. The van der Waals surface area contributed by atoms with Crippen LogP contribution < -0.4 is 14.8 Å². The number of anilines is 2. The topological polar surface area (TPSA) is 84.5 Å². The van der Waals surface area contributed by atoms with Crippen molar-refractivity contribution in [3.05, 3.63) is 47.8 Å². The van der Waals surface area contributed by atoms with E-state index in [4.69, 9.17) is 4.74 Å². The molecule has 10 heteroatoms. The van der Waals surface area contributed by atoms with Crippen LogP contribution in [-0.2, 0) is 14.8 Å². The Bertz CT molecular complexity index is 949. The molecule has 0 unspecified atom stereocenters. The zero-order valence-electron chi connectivity index (χ0n) is 13.8. The minimum atomic E-state index is -4.34. The van der Waals surface area contributed by atoms with Gasteiger partial charge >= 0.3 is 0 Å². The molecule has 0 saturated carbocycles. The minimum Gasteiger partial charge on any atom is -0.495 e. The SMILES string of the molecule is CCC(=O)Nc1cc(S(=O)(=O)Nc2ccc(F)c(F)c2F)ccc1OC. The summed E-state index contributed by atoms with van der Waals surface area (Å²) in [6.45, 7) is 1.61. The van der Waals surface area contributed by atoms with Gasteiger partial charge in [-0.3, -0.25) is 9.52 Å². The Balaban J connectivity index is 2.41. The van der Waals surface area contributed by atoms with Gasteiger partial charge in [-0.15, -0.1) is 0 Å². The average Bonchev–Trinajstić information content (AvgIpc) is 2.62. The van der Waals surface area contributed by atoms with Crippen molar-refractivity contribution in [3.63, 3.8) is 0 Å². The van der Waals surface area contributed by atoms with E-state index >= 15 is 0 Å². The maximum Gasteiger partial charge on any atom is 0.262 e. The van der Waals surface area contributed by atoms with Crippen LogP contribution in [0.4, 0.5) is 24.5 Å². The van der Waals surface area contributed by atoms with Crippen molar-refractivity contribution in [3.8, 4) is 5.75 Å². The summed E-state index contributed by atoms with van der Waals surface area (Å²) in [4.78, 5) is 11.2. The first kappa shape index (κ1) is 19.6. The van der Waals surface area contributed by atoms with Crippen molar-refractivity contribution in [1.29, 1.82) is 0 Å². The van der Waals surface area contributed by atoms with Gasteiger partial charge in [-0.05, 0) is 30.3 Å². The Kier molecular flexibility index (Phi) is 5.76. The summed E-state index contributed by atoms with van der Waals surface area (Å²) in [5.74, 6) is -5.07. The van der Waals surface area contributed by atoms with E-state index in [-0.39, 0.29) is 28.7 Å². The largest absolute Gasteiger partial charge is 0.495 e. The second-order valence-corrected chi connectivity index (χ2v) is 6.77. The number of hydrogen-bond acceptors (Lipinski definition) is 4. The molecule has 2 N–H and O–H groups in total. The van der Waals surface area contributed by atoms with Crippen molar-refractivity contribution < 1.29 is 31.1 Å².